The lowest BCUT2D eigenvalue weighted by atomic mass is 10.2. The fourth-order valence-electron chi connectivity index (χ4n) is 2.03. The van der Waals surface area contributed by atoms with Gasteiger partial charge in [-0.3, -0.25) is 14.4 Å². The van der Waals surface area contributed by atoms with Gasteiger partial charge >= 0.3 is 0 Å². The first kappa shape index (κ1) is 18.5. The van der Waals surface area contributed by atoms with Crippen LogP contribution in [0.5, 0.6) is 0 Å². The van der Waals surface area contributed by atoms with E-state index in [1.54, 1.807) is 13.2 Å². The lowest BCUT2D eigenvalue weighted by Crippen LogP contribution is -2.38. The zero-order chi connectivity index (χ0) is 14.9. The van der Waals surface area contributed by atoms with E-state index in [2.05, 4.69) is 25.8 Å². The topological polar surface area (TPSA) is 72.1 Å². The first-order chi connectivity index (χ1) is 10.3. The molecule has 0 unspecified atom stereocenters. The van der Waals surface area contributed by atoms with E-state index < -0.39 is 0 Å². The third-order valence-corrected chi connectivity index (χ3v) is 3.10. The molecule has 0 atom stereocenters. The van der Waals surface area contributed by atoms with E-state index in [0.717, 1.165) is 38.4 Å². The maximum absolute atomic E-state index is 4.21. The van der Waals surface area contributed by atoms with Crippen molar-refractivity contribution < 1.29 is 0 Å². The highest BCUT2D eigenvalue weighted by Gasteiger charge is 1.99. The van der Waals surface area contributed by atoms with Gasteiger partial charge in [0.05, 0.1) is 6.20 Å². The minimum absolute atomic E-state index is 0. The van der Waals surface area contributed by atoms with Crippen LogP contribution in [0.1, 0.15) is 12.0 Å². The Balaban J connectivity index is 0.00000242. The molecule has 2 aromatic heterocycles. The molecule has 0 radical (unpaired) electrons. The number of aromatic nitrogens is 4. The molecule has 0 bridgehead atoms. The van der Waals surface area contributed by atoms with Crippen molar-refractivity contribution in [2.24, 2.45) is 12.0 Å². The fraction of sp³-hybridized carbons (Fsp3) is 0.500. The van der Waals surface area contributed by atoms with Crippen molar-refractivity contribution in [3.05, 3.63) is 36.4 Å². The van der Waals surface area contributed by atoms with Crippen LogP contribution < -0.4 is 10.6 Å². The van der Waals surface area contributed by atoms with Crippen molar-refractivity contribution in [3.8, 4) is 0 Å². The Morgan fingerprint density at radius 3 is 2.73 bits per heavy atom. The molecule has 7 nitrogen and oxygen atoms in total. The number of rotatable bonds is 7. The summed E-state index contributed by atoms with van der Waals surface area (Å²) in [6, 6.07) is 1.94. The molecule has 2 N–H and O–H groups in total. The van der Waals surface area contributed by atoms with Gasteiger partial charge in [-0.2, -0.15) is 10.2 Å². The Kier molecular flexibility index (Phi) is 8.56. The average molecular weight is 417 g/mol. The second-order valence-electron chi connectivity index (χ2n) is 4.82. The minimum atomic E-state index is 0. The van der Waals surface area contributed by atoms with Crippen LogP contribution in [-0.2, 0) is 20.0 Å². The highest BCUT2D eigenvalue weighted by Crippen LogP contribution is 1.95. The Hall–Kier alpha value is -1.58. The molecule has 0 saturated carbocycles. The molecule has 0 aliphatic carbocycles. The highest BCUT2D eigenvalue weighted by atomic mass is 127. The van der Waals surface area contributed by atoms with E-state index in [0.29, 0.717) is 0 Å². The molecule has 0 spiro atoms. The van der Waals surface area contributed by atoms with E-state index in [1.807, 2.05) is 41.1 Å². The summed E-state index contributed by atoms with van der Waals surface area (Å²) >= 11 is 0. The van der Waals surface area contributed by atoms with Gasteiger partial charge in [-0.25, -0.2) is 0 Å². The number of aliphatic imine (C=N–C) groups is 1. The maximum atomic E-state index is 4.21. The molecule has 22 heavy (non-hydrogen) atoms. The van der Waals surface area contributed by atoms with Gasteiger partial charge in [0.1, 0.15) is 0 Å². The van der Waals surface area contributed by atoms with Gasteiger partial charge in [-0.05, 0) is 24.5 Å². The number of nitrogens with zero attached hydrogens (tertiary/aromatic N) is 5. The standard InChI is InChI=1S/C14H23N7.HI/c1-15-14(16-6-3-9-21-10-4-7-18-21)17-8-5-13-11-19-20(2)12-13;/h4,7,10-12H,3,5-6,8-9H2,1-2H3,(H2,15,16,17);1H. The molecule has 2 heterocycles. The first-order valence-corrected chi connectivity index (χ1v) is 7.17. The van der Waals surface area contributed by atoms with Crippen molar-refractivity contribution >= 4 is 29.9 Å². The monoisotopic (exact) mass is 417 g/mol. The van der Waals surface area contributed by atoms with Crippen LogP contribution in [0.3, 0.4) is 0 Å². The number of hydrogen-bond donors (Lipinski definition) is 2. The van der Waals surface area contributed by atoms with Crippen LogP contribution in [0.15, 0.2) is 35.8 Å². The second-order valence-corrected chi connectivity index (χ2v) is 4.82. The van der Waals surface area contributed by atoms with Gasteiger partial charge in [0.2, 0.25) is 0 Å². The van der Waals surface area contributed by atoms with Crippen LogP contribution in [-0.4, -0.2) is 45.7 Å². The van der Waals surface area contributed by atoms with Crippen LogP contribution in [0.2, 0.25) is 0 Å². The van der Waals surface area contributed by atoms with Crippen molar-refractivity contribution in [1.82, 2.24) is 30.2 Å². The quantitative estimate of drug-likeness (QED) is 0.306. The van der Waals surface area contributed by atoms with Gasteiger partial charge < -0.3 is 10.6 Å². The van der Waals surface area contributed by atoms with Crippen molar-refractivity contribution in [2.75, 3.05) is 20.1 Å². The Morgan fingerprint density at radius 1 is 1.27 bits per heavy atom. The molecule has 0 amide bonds. The van der Waals surface area contributed by atoms with Gasteiger partial charge in [0.15, 0.2) is 5.96 Å². The molecule has 8 heteroatoms. The Bertz CT molecular complexity index is 547. The maximum Gasteiger partial charge on any atom is 0.190 e. The van der Waals surface area contributed by atoms with Gasteiger partial charge in [0.25, 0.3) is 0 Å². The predicted molar refractivity (Wildman–Crippen MR) is 98.5 cm³/mol. The zero-order valence-electron chi connectivity index (χ0n) is 13.1. The summed E-state index contributed by atoms with van der Waals surface area (Å²) < 4.78 is 3.75. The summed E-state index contributed by atoms with van der Waals surface area (Å²) in [5.41, 5.74) is 1.22. The molecule has 0 aliphatic rings. The van der Waals surface area contributed by atoms with Crippen molar-refractivity contribution in [2.45, 2.75) is 19.4 Å². The zero-order valence-corrected chi connectivity index (χ0v) is 15.4. The number of guanidine groups is 1. The normalized spacial score (nSPS) is 11.1. The number of hydrogen-bond acceptors (Lipinski definition) is 3. The predicted octanol–water partition coefficient (Wildman–Crippen LogP) is 1.03. The van der Waals surface area contributed by atoms with E-state index >= 15 is 0 Å². The summed E-state index contributed by atoms with van der Waals surface area (Å²) in [6.45, 7) is 2.61. The molecular formula is C14H24IN7. The van der Waals surface area contributed by atoms with Crippen LogP contribution >= 0.6 is 24.0 Å². The number of halogens is 1. The first-order valence-electron chi connectivity index (χ1n) is 7.17. The summed E-state index contributed by atoms with van der Waals surface area (Å²) in [4.78, 5) is 4.21. The highest BCUT2D eigenvalue weighted by molar-refractivity contribution is 14.0. The van der Waals surface area contributed by atoms with Crippen molar-refractivity contribution in [1.29, 1.82) is 0 Å². The van der Waals surface area contributed by atoms with Crippen LogP contribution in [0.25, 0.3) is 0 Å². The summed E-state index contributed by atoms with van der Waals surface area (Å²) in [5, 5.41) is 14.9. The number of aryl methyl sites for hydroxylation is 2. The molecule has 122 valence electrons. The fourth-order valence-corrected chi connectivity index (χ4v) is 2.03. The Morgan fingerprint density at radius 2 is 2.09 bits per heavy atom. The lowest BCUT2D eigenvalue weighted by molar-refractivity contribution is 0.570. The Labute approximate surface area is 148 Å². The molecule has 0 fully saturated rings. The summed E-state index contributed by atoms with van der Waals surface area (Å²) in [7, 11) is 3.71. The lowest BCUT2D eigenvalue weighted by Gasteiger charge is -2.11. The van der Waals surface area contributed by atoms with Gasteiger partial charge in [-0.1, -0.05) is 0 Å². The van der Waals surface area contributed by atoms with Gasteiger partial charge in [0, 0.05) is 52.3 Å². The third kappa shape index (κ3) is 6.46. The third-order valence-electron chi connectivity index (χ3n) is 3.10. The molecule has 2 rings (SSSR count). The molecule has 0 saturated heterocycles. The largest absolute Gasteiger partial charge is 0.356 e. The van der Waals surface area contributed by atoms with E-state index in [-0.39, 0.29) is 24.0 Å². The van der Waals surface area contributed by atoms with E-state index in [9.17, 15) is 0 Å². The average Bonchev–Trinajstić information content (AvgIpc) is 3.13. The van der Waals surface area contributed by atoms with E-state index in [4.69, 9.17) is 0 Å². The molecule has 2 aromatic rings. The smallest absolute Gasteiger partial charge is 0.190 e. The minimum Gasteiger partial charge on any atom is -0.356 e. The van der Waals surface area contributed by atoms with Crippen LogP contribution in [0, 0.1) is 0 Å². The summed E-state index contributed by atoms with van der Waals surface area (Å²) in [6.07, 6.45) is 9.63. The number of nitrogens with one attached hydrogen (secondary N) is 2. The second kappa shape index (κ2) is 10.2. The molecular weight excluding hydrogens is 393 g/mol. The SMILES string of the molecule is CN=C(NCCCn1cccn1)NCCc1cnn(C)c1.I. The summed E-state index contributed by atoms with van der Waals surface area (Å²) in [5.74, 6) is 0.833. The van der Waals surface area contributed by atoms with Gasteiger partial charge in [-0.15, -0.1) is 24.0 Å². The van der Waals surface area contributed by atoms with E-state index in [1.165, 1.54) is 5.56 Å². The molecule has 0 aromatic carbocycles. The van der Waals surface area contributed by atoms with Crippen LogP contribution in [0.4, 0.5) is 0 Å². The molecule has 0 aliphatic heterocycles. The van der Waals surface area contributed by atoms with Crippen molar-refractivity contribution in [3.63, 3.8) is 0 Å².